The first-order valence-corrected chi connectivity index (χ1v) is 15.4. The van der Waals surface area contributed by atoms with Crippen LogP contribution in [0.3, 0.4) is 0 Å². The van der Waals surface area contributed by atoms with E-state index in [2.05, 4.69) is 71.9 Å². The minimum absolute atomic E-state index is 0.114. The maximum Gasteiger partial charge on any atom is 0.00540 e. The van der Waals surface area contributed by atoms with Gasteiger partial charge in [0.2, 0.25) is 0 Å². The molecule has 158 valence electrons. The quantitative estimate of drug-likeness (QED) is 0.219. The van der Waals surface area contributed by atoms with Crippen LogP contribution in [0.25, 0.3) is 0 Å². The van der Waals surface area contributed by atoms with Gasteiger partial charge in [-0.2, -0.15) is 0 Å². The van der Waals surface area contributed by atoms with Crippen LogP contribution in [0.5, 0.6) is 0 Å². The third-order valence-corrected chi connectivity index (χ3v) is 13.3. The Morgan fingerprint density at radius 1 is 0.893 bits per heavy atom. The fourth-order valence-electron chi connectivity index (χ4n) is 5.02. The van der Waals surface area contributed by atoms with Gasteiger partial charge in [0.05, 0.1) is 0 Å². The lowest BCUT2D eigenvalue weighted by Crippen LogP contribution is -2.18. The van der Waals surface area contributed by atoms with Gasteiger partial charge in [0.15, 0.2) is 0 Å². The maximum atomic E-state index is 2.56. The summed E-state index contributed by atoms with van der Waals surface area (Å²) in [5, 5.41) is 0. The van der Waals surface area contributed by atoms with E-state index in [0.717, 1.165) is 11.3 Å². The SMILES string of the molecule is CCCP(CCC)C(C)C1=CC=CC1=C1CC=CC1C(C)P(CCC)CCC. The van der Waals surface area contributed by atoms with Crippen LogP contribution < -0.4 is 0 Å². The van der Waals surface area contributed by atoms with Crippen molar-refractivity contribution in [3.8, 4) is 0 Å². The van der Waals surface area contributed by atoms with Crippen molar-refractivity contribution in [3.05, 3.63) is 47.1 Å². The highest BCUT2D eigenvalue weighted by Gasteiger charge is 2.31. The number of allylic oxidation sites excluding steroid dienone is 8. The third kappa shape index (κ3) is 5.92. The van der Waals surface area contributed by atoms with Crippen molar-refractivity contribution >= 4 is 15.8 Å². The Morgan fingerprint density at radius 2 is 1.46 bits per heavy atom. The zero-order valence-corrected chi connectivity index (χ0v) is 21.2. The summed E-state index contributed by atoms with van der Waals surface area (Å²) in [6, 6.07) is 0. The molecule has 0 radical (unpaired) electrons. The van der Waals surface area contributed by atoms with Gasteiger partial charge in [0.1, 0.15) is 0 Å². The molecule has 2 aliphatic carbocycles. The van der Waals surface area contributed by atoms with E-state index in [1.807, 2.05) is 0 Å². The van der Waals surface area contributed by atoms with Crippen molar-refractivity contribution in [2.24, 2.45) is 5.92 Å². The average Bonchev–Trinajstić information content (AvgIpc) is 3.35. The summed E-state index contributed by atoms with van der Waals surface area (Å²) in [6.07, 6.45) is 24.6. The predicted octanol–water partition coefficient (Wildman–Crippen LogP) is 8.74. The minimum atomic E-state index is 0.114. The summed E-state index contributed by atoms with van der Waals surface area (Å²) in [5.41, 5.74) is 6.60. The van der Waals surface area contributed by atoms with E-state index in [1.165, 1.54) is 56.8 Å². The molecule has 2 rings (SSSR count). The zero-order chi connectivity index (χ0) is 20.5. The van der Waals surface area contributed by atoms with Gasteiger partial charge in [-0.3, -0.25) is 0 Å². The second kappa shape index (κ2) is 12.5. The Balaban J connectivity index is 2.26. The average molecular weight is 419 g/mol. The lowest BCUT2D eigenvalue weighted by Gasteiger charge is -2.32. The van der Waals surface area contributed by atoms with E-state index >= 15 is 0 Å². The highest BCUT2D eigenvalue weighted by Crippen LogP contribution is 2.53. The molecule has 0 heterocycles. The Morgan fingerprint density at radius 3 is 2.04 bits per heavy atom. The molecule has 2 heteroatoms. The van der Waals surface area contributed by atoms with Crippen LogP contribution in [-0.4, -0.2) is 36.0 Å². The van der Waals surface area contributed by atoms with Crippen molar-refractivity contribution in [2.45, 2.75) is 85.0 Å². The van der Waals surface area contributed by atoms with E-state index in [0.29, 0.717) is 5.92 Å². The van der Waals surface area contributed by atoms with E-state index in [9.17, 15) is 0 Å². The Kier molecular flexibility index (Phi) is 10.8. The van der Waals surface area contributed by atoms with Gasteiger partial charge in [0.25, 0.3) is 0 Å². The third-order valence-electron chi connectivity index (χ3n) is 6.42. The van der Waals surface area contributed by atoms with Crippen LogP contribution in [0.2, 0.25) is 0 Å². The van der Waals surface area contributed by atoms with Crippen LogP contribution in [-0.2, 0) is 0 Å². The van der Waals surface area contributed by atoms with Gasteiger partial charge in [-0.05, 0) is 47.9 Å². The van der Waals surface area contributed by atoms with E-state index in [1.54, 1.807) is 16.7 Å². The van der Waals surface area contributed by atoms with Gasteiger partial charge in [-0.1, -0.05) is 111 Å². The van der Waals surface area contributed by atoms with Crippen LogP contribution in [0.1, 0.15) is 73.6 Å². The molecule has 0 aliphatic heterocycles. The van der Waals surface area contributed by atoms with Crippen molar-refractivity contribution in [1.29, 1.82) is 0 Å². The first kappa shape index (κ1) is 24.1. The molecule has 0 saturated heterocycles. The van der Waals surface area contributed by atoms with E-state index < -0.39 is 0 Å². The normalized spacial score (nSPS) is 23.9. The molecular weight excluding hydrogens is 374 g/mol. The fraction of sp³-hybridized carbons (Fsp3) is 0.692. The molecule has 0 bridgehead atoms. The molecule has 0 fully saturated rings. The molecule has 0 amide bonds. The first-order valence-electron chi connectivity index (χ1n) is 11.8. The van der Waals surface area contributed by atoms with E-state index in [-0.39, 0.29) is 15.8 Å². The molecule has 2 aliphatic rings. The summed E-state index contributed by atoms with van der Waals surface area (Å²) in [7, 11) is 0.261. The van der Waals surface area contributed by atoms with Crippen LogP contribution in [0.15, 0.2) is 47.1 Å². The summed E-state index contributed by atoms with van der Waals surface area (Å²) in [4.78, 5) is 0. The summed E-state index contributed by atoms with van der Waals surface area (Å²) in [5.74, 6) is 0.682. The van der Waals surface area contributed by atoms with Crippen molar-refractivity contribution in [1.82, 2.24) is 0 Å². The maximum absolute atomic E-state index is 2.56. The second-order valence-corrected chi connectivity index (χ2v) is 14.3. The molecule has 0 spiro atoms. The molecule has 0 aromatic heterocycles. The Labute approximate surface area is 178 Å². The lowest BCUT2D eigenvalue weighted by molar-refractivity contribution is 0.734. The van der Waals surface area contributed by atoms with Crippen LogP contribution in [0.4, 0.5) is 0 Å². The van der Waals surface area contributed by atoms with Crippen molar-refractivity contribution in [3.63, 3.8) is 0 Å². The van der Waals surface area contributed by atoms with Crippen LogP contribution in [0, 0.1) is 5.92 Å². The standard InChI is InChI=1S/C26H44P2/c1-7-17-27(18-8-2)21(5)23-13-11-15-25(23)26-16-12-14-24(26)22(6)28(19-9-3)20-10-4/h11-15,21-22,24H,7-10,16-20H2,1-6H3. The smallest absolute Gasteiger partial charge is 0.00540 e. The Bertz CT molecular complexity index is 584. The molecule has 0 aromatic carbocycles. The second-order valence-electron chi connectivity index (χ2n) is 8.57. The van der Waals surface area contributed by atoms with Gasteiger partial charge >= 0.3 is 0 Å². The molecule has 3 unspecified atom stereocenters. The molecule has 0 nitrogen and oxygen atoms in total. The molecular formula is C26H44P2. The first-order chi connectivity index (χ1) is 13.6. The van der Waals surface area contributed by atoms with Gasteiger partial charge in [-0.15, -0.1) is 7.92 Å². The topological polar surface area (TPSA) is 0 Å². The summed E-state index contributed by atoms with van der Waals surface area (Å²) >= 11 is 0. The van der Waals surface area contributed by atoms with Crippen molar-refractivity contribution < 1.29 is 0 Å². The van der Waals surface area contributed by atoms with Crippen LogP contribution >= 0.6 is 15.8 Å². The Hall–Kier alpha value is -0.180. The number of hydrogen-bond donors (Lipinski definition) is 0. The van der Waals surface area contributed by atoms with Crippen molar-refractivity contribution in [2.75, 3.05) is 24.6 Å². The van der Waals surface area contributed by atoms with Gasteiger partial charge in [-0.25, -0.2) is 0 Å². The van der Waals surface area contributed by atoms with Gasteiger partial charge < -0.3 is 0 Å². The highest BCUT2D eigenvalue weighted by atomic mass is 31.1. The molecule has 3 atom stereocenters. The zero-order valence-electron chi connectivity index (χ0n) is 19.4. The monoisotopic (exact) mass is 418 g/mol. The lowest BCUT2D eigenvalue weighted by atomic mass is 9.91. The largest absolute Gasteiger partial charge is 0.103 e. The summed E-state index contributed by atoms with van der Waals surface area (Å²) in [6.45, 7) is 14.5. The molecule has 0 saturated carbocycles. The highest BCUT2D eigenvalue weighted by molar-refractivity contribution is 7.58. The molecule has 28 heavy (non-hydrogen) atoms. The minimum Gasteiger partial charge on any atom is -0.103 e. The predicted molar refractivity (Wildman–Crippen MR) is 135 cm³/mol. The molecule has 0 aromatic rings. The molecule has 0 N–H and O–H groups in total. The van der Waals surface area contributed by atoms with E-state index in [4.69, 9.17) is 0 Å². The summed E-state index contributed by atoms with van der Waals surface area (Å²) < 4.78 is 0. The fourth-order valence-corrected chi connectivity index (χ4v) is 10.7. The number of rotatable bonds is 12. The van der Waals surface area contributed by atoms with Gasteiger partial charge in [0, 0.05) is 11.6 Å². The number of hydrogen-bond acceptors (Lipinski definition) is 0.